The maximum atomic E-state index is 4.67. The molecule has 0 saturated carbocycles. The molecule has 0 bridgehead atoms. The van der Waals surface area contributed by atoms with Gasteiger partial charge in [0.2, 0.25) is 0 Å². The first kappa shape index (κ1) is 14.8. The first-order chi connectivity index (χ1) is 9.13. The summed E-state index contributed by atoms with van der Waals surface area (Å²) in [4.78, 5) is 1.34. The highest BCUT2D eigenvalue weighted by molar-refractivity contribution is 9.10. The van der Waals surface area contributed by atoms with Crippen LogP contribution in [-0.4, -0.2) is 16.8 Å². The topological polar surface area (TPSA) is 29.9 Å². The number of likely N-dealkylation sites (N-methyl/N-ethyl adjacent to an activating group) is 1. The van der Waals surface area contributed by atoms with E-state index in [1.54, 1.807) is 11.3 Å². The Morgan fingerprint density at radius 3 is 2.89 bits per heavy atom. The molecule has 2 atom stereocenters. The molecule has 2 aromatic heterocycles. The van der Waals surface area contributed by atoms with E-state index < -0.39 is 0 Å². The van der Waals surface area contributed by atoms with Crippen LogP contribution >= 0.6 is 27.3 Å². The van der Waals surface area contributed by atoms with Gasteiger partial charge in [-0.2, -0.15) is 5.10 Å². The second-order valence-electron chi connectivity index (χ2n) is 4.76. The summed E-state index contributed by atoms with van der Waals surface area (Å²) in [6.07, 6.45) is 4.11. The van der Waals surface area contributed by atoms with Gasteiger partial charge in [-0.15, -0.1) is 11.3 Å². The van der Waals surface area contributed by atoms with Gasteiger partial charge in [-0.25, -0.2) is 0 Å². The molecule has 0 radical (unpaired) electrons. The first-order valence-corrected chi connectivity index (χ1v) is 8.26. The van der Waals surface area contributed by atoms with Gasteiger partial charge in [0.1, 0.15) is 0 Å². The molecule has 0 fully saturated rings. The molecule has 104 valence electrons. The van der Waals surface area contributed by atoms with Crippen molar-refractivity contribution < 1.29 is 0 Å². The number of hydrogen-bond donors (Lipinski definition) is 1. The number of aromatic nitrogens is 2. The quantitative estimate of drug-likeness (QED) is 0.853. The summed E-state index contributed by atoms with van der Waals surface area (Å²) in [6.45, 7) is 4.38. The van der Waals surface area contributed by atoms with E-state index in [0.717, 1.165) is 23.0 Å². The van der Waals surface area contributed by atoms with E-state index in [4.69, 9.17) is 0 Å². The van der Waals surface area contributed by atoms with E-state index in [9.17, 15) is 0 Å². The maximum Gasteiger partial charge on any atom is 0.0644 e. The Morgan fingerprint density at radius 2 is 2.32 bits per heavy atom. The molecule has 0 saturated heterocycles. The lowest BCUT2D eigenvalue weighted by Gasteiger charge is -2.13. The van der Waals surface area contributed by atoms with E-state index in [1.807, 2.05) is 7.05 Å². The minimum absolute atomic E-state index is 0.330. The molecule has 19 heavy (non-hydrogen) atoms. The van der Waals surface area contributed by atoms with Gasteiger partial charge in [0.25, 0.3) is 0 Å². The number of hydrogen-bond acceptors (Lipinski definition) is 3. The monoisotopic (exact) mass is 341 g/mol. The normalized spacial score (nSPS) is 14.5. The SMILES string of the molecule is CCC(C)n1ccc(CC(NC)c2cc(Br)cs2)n1. The lowest BCUT2D eigenvalue weighted by Crippen LogP contribution is -2.18. The molecule has 0 amide bonds. The molecule has 2 rings (SSSR count). The van der Waals surface area contributed by atoms with Crippen LogP contribution in [0, 0.1) is 0 Å². The molecular formula is C14H20BrN3S. The highest BCUT2D eigenvalue weighted by atomic mass is 79.9. The molecule has 0 aliphatic carbocycles. The third kappa shape index (κ3) is 3.68. The van der Waals surface area contributed by atoms with E-state index in [-0.39, 0.29) is 0 Å². The Labute approximate surface area is 127 Å². The highest BCUT2D eigenvalue weighted by Gasteiger charge is 2.14. The summed E-state index contributed by atoms with van der Waals surface area (Å²) < 4.78 is 3.21. The highest BCUT2D eigenvalue weighted by Crippen LogP contribution is 2.27. The van der Waals surface area contributed by atoms with Crippen molar-refractivity contribution >= 4 is 27.3 Å². The molecule has 0 aliphatic heterocycles. The summed E-state index contributed by atoms with van der Waals surface area (Å²) >= 11 is 5.29. The second-order valence-corrected chi connectivity index (χ2v) is 6.62. The molecule has 0 aromatic carbocycles. The van der Waals surface area contributed by atoms with Crippen molar-refractivity contribution in [3.63, 3.8) is 0 Å². The predicted molar refractivity (Wildman–Crippen MR) is 84.8 cm³/mol. The van der Waals surface area contributed by atoms with Gasteiger partial charge in [0, 0.05) is 39.4 Å². The molecule has 3 nitrogen and oxygen atoms in total. The third-order valence-electron chi connectivity index (χ3n) is 3.40. The molecule has 2 unspecified atom stereocenters. The van der Waals surface area contributed by atoms with Crippen molar-refractivity contribution in [1.29, 1.82) is 0 Å². The Kier molecular flexibility index (Phi) is 5.19. The summed E-state index contributed by atoms with van der Waals surface area (Å²) in [5.74, 6) is 0. The van der Waals surface area contributed by atoms with Crippen molar-refractivity contribution in [1.82, 2.24) is 15.1 Å². The molecule has 1 N–H and O–H groups in total. The van der Waals surface area contributed by atoms with Gasteiger partial charge < -0.3 is 5.32 Å². The van der Waals surface area contributed by atoms with Crippen LogP contribution < -0.4 is 5.32 Å². The van der Waals surface area contributed by atoms with Crippen molar-refractivity contribution in [3.8, 4) is 0 Å². The van der Waals surface area contributed by atoms with Crippen LogP contribution in [0.5, 0.6) is 0 Å². The average Bonchev–Trinajstić information content (AvgIpc) is 3.04. The fourth-order valence-electron chi connectivity index (χ4n) is 1.98. The Balaban J connectivity index is 2.08. The third-order valence-corrected chi connectivity index (χ3v) is 5.21. The van der Waals surface area contributed by atoms with Crippen LogP contribution in [0.1, 0.15) is 42.9 Å². The van der Waals surface area contributed by atoms with E-state index in [0.29, 0.717) is 12.1 Å². The Morgan fingerprint density at radius 1 is 1.53 bits per heavy atom. The first-order valence-electron chi connectivity index (χ1n) is 6.59. The summed E-state index contributed by atoms with van der Waals surface area (Å²) in [6, 6.07) is 5.10. The van der Waals surface area contributed by atoms with Crippen LogP contribution in [0.4, 0.5) is 0 Å². The van der Waals surface area contributed by atoms with Crippen molar-refractivity contribution in [2.45, 2.75) is 38.8 Å². The standard InChI is InChI=1S/C14H20BrN3S/c1-4-10(2)18-6-5-12(17-18)8-13(16-3)14-7-11(15)9-19-14/h5-7,9-10,13,16H,4,8H2,1-3H3. The molecule has 5 heteroatoms. The minimum atomic E-state index is 0.330. The minimum Gasteiger partial charge on any atom is -0.312 e. The van der Waals surface area contributed by atoms with Gasteiger partial charge in [0.15, 0.2) is 0 Å². The van der Waals surface area contributed by atoms with Crippen LogP contribution in [0.3, 0.4) is 0 Å². The molecule has 0 spiro atoms. The summed E-state index contributed by atoms with van der Waals surface area (Å²) in [5, 5.41) is 10.2. The fourth-order valence-corrected chi connectivity index (χ4v) is 3.54. The van der Waals surface area contributed by atoms with Crippen LogP contribution in [0.15, 0.2) is 28.2 Å². The smallest absolute Gasteiger partial charge is 0.0644 e. The summed E-state index contributed by atoms with van der Waals surface area (Å²) in [5.41, 5.74) is 1.14. The average molecular weight is 342 g/mol. The number of thiophene rings is 1. The van der Waals surface area contributed by atoms with Gasteiger partial charge >= 0.3 is 0 Å². The molecule has 2 heterocycles. The van der Waals surface area contributed by atoms with E-state index >= 15 is 0 Å². The molecule has 0 aliphatic rings. The number of nitrogens with one attached hydrogen (secondary N) is 1. The van der Waals surface area contributed by atoms with Gasteiger partial charge in [-0.1, -0.05) is 6.92 Å². The number of nitrogens with zero attached hydrogens (tertiary/aromatic N) is 2. The van der Waals surface area contributed by atoms with Gasteiger partial charge in [-0.05, 0) is 48.5 Å². The predicted octanol–water partition coefficient (Wildman–Crippen LogP) is 4.18. The number of rotatable bonds is 6. The molecule has 2 aromatic rings. The van der Waals surface area contributed by atoms with Crippen molar-refractivity contribution in [2.75, 3.05) is 7.05 Å². The second kappa shape index (κ2) is 6.68. The van der Waals surface area contributed by atoms with E-state index in [2.05, 4.69) is 68.6 Å². The Bertz CT molecular complexity index is 520. The zero-order valence-corrected chi connectivity index (χ0v) is 14.0. The number of halogens is 1. The zero-order valence-electron chi connectivity index (χ0n) is 11.6. The molecular weight excluding hydrogens is 322 g/mol. The fraction of sp³-hybridized carbons (Fsp3) is 0.500. The zero-order chi connectivity index (χ0) is 13.8. The maximum absolute atomic E-state index is 4.67. The van der Waals surface area contributed by atoms with Crippen LogP contribution in [0.25, 0.3) is 0 Å². The van der Waals surface area contributed by atoms with Gasteiger partial charge in [-0.3, -0.25) is 4.68 Å². The summed E-state index contributed by atoms with van der Waals surface area (Å²) in [7, 11) is 2.00. The lowest BCUT2D eigenvalue weighted by molar-refractivity contribution is 0.469. The van der Waals surface area contributed by atoms with Crippen molar-refractivity contribution in [2.24, 2.45) is 0 Å². The Hall–Kier alpha value is -0.650. The van der Waals surface area contributed by atoms with E-state index in [1.165, 1.54) is 4.88 Å². The van der Waals surface area contributed by atoms with Crippen LogP contribution in [-0.2, 0) is 6.42 Å². The lowest BCUT2D eigenvalue weighted by atomic mass is 10.1. The van der Waals surface area contributed by atoms with Crippen LogP contribution in [0.2, 0.25) is 0 Å². The van der Waals surface area contributed by atoms with Crippen molar-refractivity contribution in [3.05, 3.63) is 38.8 Å². The largest absolute Gasteiger partial charge is 0.312 e. The van der Waals surface area contributed by atoms with Gasteiger partial charge in [0.05, 0.1) is 5.69 Å².